The maximum atomic E-state index is 13.1. The molecule has 6 nitrogen and oxygen atoms in total. The molecule has 2 aliphatic rings. The van der Waals surface area contributed by atoms with Crippen LogP contribution in [0.1, 0.15) is 10.4 Å². The van der Waals surface area contributed by atoms with Gasteiger partial charge in [-0.15, -0.1) is 0 Å². The first-order chi connectivity index (χ1) is 11.7. The van der Waals surface area contributed by atoms with E-state index >= 15 is 0 Å². The molecule has 2 fully saturated rings. The molecule has 1 aromatic carbocycles. The van der Waals surface area contributed by atoms with Gasteiger partial charge in [-0.2, -0.15) is 0 Å². The minimum Gasteiger partial charge on any atom is -0.379 e. The molecule has 2 saturated heterocycles. The van der Waals surface area contributed by atoms with Gasteiger partial charge in [0, 0.05) is 31.1 Å². The second-order valence-corrected chi connectivity index (χ2v) is 6.65. The van der Waals surface area contributed by atoms with Gasteiger partial charge in [-0.3, -0.25) is 9.69 Å². The van der Waals surface area contributed by atoms with Gasteiger partial charge in [-0.05, 0) is 7.05 Å². The Labute approximate surface area is 141 Å². The van der Waals surface area contributed by atoms with Crippen molar-refractivity contribution in [3.05, 3.63) is 42.2 Å². The highest BCUT2D eigenvalue weighted by Crippen LogP contribution is 2.25. The number of carbonyl (C=O) groups is 1. The average molecular weight is 327 g/mol. The van der Waals surface area contributed by atoms with Crippen LogP contribution in [-0.4, -0.2) is 66.8 Å². The van der Waals surface area contributed by atoms with Crippen LogP contribution in [0.25, 0.3) is 11.3 Å². The zero-order chi connectivity index (χ0) is 16.5. The Balaban J connectivity index is 1.62. The fraction of sp³-hybridized carbons (Fsp3) is 0.444. The van der Waals surface area contributed by atoms with Crippen LogP contribution >= 0.6 is 0 Å². The molecule has 2 atom stereocenters. The molecule has 126 valence electrons. The molecule has 1 aromatic heterocycles. The molecule has 24 heavy (non-hydrogen) atoms. The average Bonchev–Trinajstić information content (AvgIpc) is 2.93. The first-order valence-electron chi connectivity index (χ1n) is 8.29. The number of hydrogen-bond acceptors (Lipinski definition) is 5. The summed E-state index contributed by atoms with van der Waals surface area (Å²) in [6.45, 7) is 3.72. The summed E-state index contributed by atoms with van der Waals surface area (Å²) < 4.78 is 10.9. The van der Waals surface area contributed by atoms with E-state index in [1.807, 2.05) is 35.2 Å². The third kappa shape index (κ3) is 2.83. The van der Waals surface area contributed by atoms with Crippen LogP contribution in [0.15, 0.2) is 41.1 Å². The van der Waals surface area contributed by atoms with E-state index in [-0.39, 0.29) is 11.9 Å². The number of likely N-dealkylation sites (N-methyl/N-ethyl adjacent to an activating group) is 1. The lowest BCUT2D eigenvalue weighted by atomic mass is 10.1. The third-order valence-electron chi connectivity index (χ3n) is 4.88. The largest absolute Gasteiger partial charge is 0.379 e. The smallest absolute Gasteiger partial charge is 0.259 e. The van der Waals surface area contributed by atoms with E-state index in [1.54, 1.807) is 0 Å². The standard InChI is InChI=1S/C18H21N3O3/c1-20-7-13-8-21(9-15(20)11-23-10-13)18(22)16-12-24-19-17(16)14-5-3-2-4-6-14/h2-6,12-13,15H,7-11H2,1H3/t13-,15+/m1/s1. The van der Waals surface area contributed by atoms with E-state index in [1.165, 1.54) is 6.26 Å². The number of fused-ring (bicyclic) bond motifs is 3. The third-order valence-corrected chi connectivity index (χ3v) is 4.88. The molecule has 0 unspecified atom stereocenters. The summed E-state index contributed by atoms with van der Waals surface area (Å²) in [6, 6.07) is 9.92. The van der Waals surface area contributed by atoms with Crippen LogP contribution in [0, 0.1) is 5.92 Å². The molecule has 6 heteroatoms. The van der Waals surface area contributed by atoms with Gasteiger partial charge in [0.05, 0.1) is 19.3 Å². The molecule has 0 spiro atoms. The summed E-state index contributed by atoms with van der Waals surface area (Å²) in [5, 5.41) is 4.06. The first kappa shape index (κ1) is 15.4. The van der Waals surface area contributed by atoms with E-state index < -0.39 is 0 Å². The maximum Gasteiger partial charge on any atom is 0.259 e. The van der Waals surface area contributed by atoms with Crippen molar-refractivity contribution in [2.75, 3.05) is 39.9 Å². The van der Waals surface area contributed by atoms with E-state index in [9.17, 15) is 4.79 Å². The molecule has 4 rings (SSSR count). The molecule has 0 N–H and O–H groups in total. The highest BCUT2D eigenvalue weighted by atomic mass is 16.5. The number of amides is 1. The van der Waals surface area contributed by atoms with Gasteiger partial charge in [0.1, 0.15) is 17.5 Å². The van der Waals surface area contributed by atoms with Crippen molar-refractivity contribution in [2.45, 2.75) is 6.04 Å². The van der Waals surface area contributed by atoms with Crippen molar-refractivity contribution < 1.29 is 14.1 Å². The number of aromatic nitrogens is 1. The van der Waals surface area contributed by atoms with Crippen LogP contribution in [0.2, 0.25) is 0 Å². The summed E-state index contributed by atoms with van der Waals surface area (Å²) in [5.74, 6) is 0.328. The molecule has 0 aliphatic carbocycles. The maximum absolute atomic E-state index is 13.1. The molecule has 2 bridgehead atoms. The van der Waals surface area contributed by atoms with Crippen molar-refractivity contribution in [1.82, 2.24) is 15.0 Å². The number of carbonyl (C=O) groups excluding carboxylic acids is 1. The Kier molecular flexibility index (Phi) is 4.08. The summed E-state index contributed by atoms with van der Waals surface area (Å²) in [6.07, 6.45) is 1.46. The van der Waals surface area contributed by atoms with E-state index in [2.05, 4.69) is 17.1 Å². The number of nitrogens with zero attached hydrogens (tertiary/aromatic N) is 3. The van der Waals surface area contributed by atoms with Gasteiger partial charge >= 0.3 is 0 Å². The molecule has 2 aromatic rings. The molecule has 1 amide bonds. The second-order valence-electron chi connectivity index (χ2n) is 6.65. The van der Waals surface area contributed by atoms with E-state index in [0.717, 1.165) is 12.1 Å². The van der Waals surface area contributed by atoms with Crippen LogP contribution in [0.3, 0.4) is 0 Å². The van der Waals surface area contributed by atoms with Gasteiger partial charge in [0.15, 0.2) is 0 Å². The highest BCUT2D eigenvalue weighted by molar-refractivity contribution is 5.99. The van der Waals surface area contributed by atoms with Gasteiger partial charge in [-0.1, -0.05) is 35.5 Å². The van der Waals surface area contributed by atoms with Gasteiger partial charge in [0.2, 0.25) is 0 Å². The quantitative estimate of drug-likeness (QED) is 0.841. The highest BCUT2D eigenvalue weighted by Gasteiger charge is 2.34. The Morgan fingerprint density at radius 1 is 1.17 bits per heavy atom. The predicted molar refractivity (Wildman–Crippen MR) is 88.6 cm³/mol. The van der Waals surface area contributed by atoms with Crippen LogP contribution in [-0.2, 0) is 4.74 Å². The lowest BCUT2D eigenvalue weighted by molar-refractivity contribution is 0.0434. The zero-order valence-electron chi connectivity index (χ0n) is 13.7. The van der Waals surface area contributed by atoms with Crippen LogP contribution in [0.4, 0.5) is 0 Å². The normalized spacial score (nSPS) is 24.6. The van der Waals surface area contributed by atoms with Gasteiger partial charge < -0.3 is 14.2 Å². The Morgan fingerprint density at radius 2 is 2.00 bits per heavy atom. The first-order valence-corrected chi connectivity index (χ1v) is 8.29. The predicted octanol–water partition coefficient (Wildman–Crippen LogP) is 1.74. The van der Waals surface area contributed by atoms with Gasteiger partial charge in [0.25, 0.3) is 5.91 Å². The fourth-order valence-electron chi connectivity index (χ4n) is 3.58. The van der Waals surface area contributed by atoms with E-state index in [0.29, 0.717) is 43.5 Å². The molecule has 0 radical (unpaired) electrons. The van der Waals surface area contributed by atoms with Crippen molar-refractivity contribution in [1.29, 1.82) is 0 Å². The molecule has 2 aliphatic heterocycles. The SMILES string of the molecule is CN1C[C@H]2COC[C@@H]1CN(C(=O)c1conc1-c1ccccc1)C2. The van der Waals surface area contributed by atoms with Crippen LogP contribution in [0.5, 0.6) is 0 Å². The van der Waals surface area contributed by atoms with Crippen molar-refractivity contribution >= 4 is 5.91 Å². The number of hydrogen-bond donors (Lipinski definition) is 0. The summed E-state index contributed by atoms with van der Waals surface area (Å²) in [7, 11) is 2.11. The number of ether oxygens (including phenoxy) is 1. The number of rotatable bonds is 2. The van der Waals surface area contributed by atoms with Crippen molar-refractivity contribution in [2.24, 2.45) is 5.92 Å². The topological polar surface area (TPSA) is 58.8 Å². The molecule has 3 heterocycles. The lowest BCUT2D eigenvalue weighted by Gasteiger charge is -2.29. The fourth-order valence-corrected chi connectivity index (χ4v) is 3.58. The zero-order valence-corrected chi connectivity index (χ0v) is 13.7. The van der Waals surface area contributed by atoms with Gasteiger partial charge in [-0.25, -0.2) is 0 Å². The number of benzene rings is 1. The van der Waals surface area contributed by atoms with E-state index in [4.69, 9.17) is 9.26 Å². The van der Waals surface area contributed by atoms with Crippen molar-refractivity contribution in [3.63, 3.8) is 0 Å². The Hall–Kier alpha value is -2.18. The minimum atomic E-state index is -0.0118. The second kappa shape index (κ2) is 6.37. The molecular formula is C18H21N3O3. The summed E-state index contributed by atoms with van der Waals surface area (Å²) in [4.78, 5) is 17.3. The summed E-state index contributed by atoms with van der Waals surface area (Å²) in [5.41, 5.74) is 2.04. The minimum absolute atomic E-state index is 0.0118. The lowest BCUT2D eigenvalue weighted by Crippen LogP contribution is -2.44. The van der Waals surface area contributed by atoms with Crippen molar-refractivity contribution in [3.8, 4) is 11.3 Å². The Bertz CT molecular complexity index is 715. The molecule has 0 saturated carbocycles. The monoisotopic (exact) mass is 327 g/mol. The molecular weight excluding hydrogens is 306 g/mol. The van der Waals surface area contributed by atoms with Crippen LogP contribution < -0.4 is 0 Å². The summed E-state index contributed by atoms with van der Waals surface area (Å²) >= 11 is 0. The Morgan fingerprint density at radius 3 is 2.83 bits per heavy atom.